The van der Waals surface area contributed by atoms with Gasteiger partial charge in [-0.05, 0) is 19.3 Å². The summed E-state index contributed by atoms with van der Waals surface area (Å²) in [6, 6.07) is 0.320. The van der Waals surface area contributed by atoms with E-state index in [4.69, 9.17) is 4.74 Å². The Balaban J connectivity index is 1.98. The first kappa shape index (κ1) is 14.8. The van der Waals surface area contributed by atoms with Gasteiger partial charge >= 0.3 is 6.01 Å². The summed E-state index contributed by atoms with van der Waals surface area (Å²) in [7, 11) is 1.75. The highest BCUT2D eigenvalue weighted by Crippen LogP contribution is 2.25. The Hall–Kier alpha value is -1.63. The maximum absolute atomic E-state index is 9.81. The molecule has 1 aromatic heterocycles. The minimum Gasteiger partial charge on any atom is -0.463 e. The molecule has 1 aliphatic carbocycles. The van der Waals surface area contributed by atoms with Gasteiger partial charge in [0.2, 0.25) is 11.9 Å². The van der Waals surface area contributed by atoms with Gasteiger partial charge in [-0.25, -0.2) is 0 Å². The van der Waals surface area contributed by atoms with Crippen LogP contribution in [0.5, 0.6) is 6.01 Å². The number of nitrogens with one attached hydrogen (secondary N) is 2. The average molecular weight is 281 g/mol. The molecule has 1 saturated carbocycles. The zero-order chi connectivity index (χ0) is 14.4. The second-order valence-corrected chi connectivity index (χ2v) is 5.00. The summed E-state index contributed by atoms with van der Waals surface area (Å²) < 4.78 is 5.44. The van der Waals surface area contributed by atoms with Crippen LogP contribution in [-0.2, 0) is 0 Å². The fourth-order valence-electron chi connectivity index (χ4n) is 2.28. The maximum atomic E-state index is 9.81. The highest BCUT2D eigenvalue weighted by atomic mass is 16.5. The Labute approximate surface area is 119 Å². The Morgan fingerprint density at radius 1 is 1.25 bits per heavy atom. The van der Waals surface area contributed by atoms with Crippen LogP contribution in [0.2, 0.25) is 0 Å². The Bertz CT molecular complexity index is 429. The summed E-state index contributed by atoms with van der Waals surface area (Å²) in [6.45, 7) is 3.27. The standard InChI is InChI=1S/C13H23N5O2/c1-3-7-20-13-17-11(14-2)16-12(18-13)15-8-9-5-4-6-10(9)19/h9-10,19H,3-8H2,1-2H3,(H2,14,15,16,17,18). The number of hydrogen-bond acceptors (Lipinski definition) is 7. The highest BCUT2D eigenvalue weighted by molar-refractivity contribution is 5.35. The van der Waals surface area contributed by atoms with E-state index < -0.39 is 0 Å². The third-order valence-corrected chi connectivity index (χ3v) is 3.42. The molecule has 0 radical (unpaired) electrons. The molecule has 1 fully saturated rings. The van der Waals surface area contributed by atoms with Crippen molar-refractivity contribution in [2.75, 3.05) is 30.8 Å². The summed E-state index contributed by atoms with van der Waals surface area (Å²) in [5.74, 6) is 1.22. The monoisotopic (exact) mass is 281 g/mol. The molecule has 112 valence electrons. The summed E-state index contributed by atoms with van der Waals surface area (Å²) in [6.07, 6.45) is 3.69. The fraction of sp³-hybridized carbons (Fsp3) is 0.769. The summed E-state index contributed by atoms with van der Waals surface area (Å²) in [4.78, 5) is 12.6. The highest BCUT2D eigenvalue weighted by Gasteiger charge is 2.25. The molecule has 0 aliphatic heterocycles. The van der Waals surface area contributed by atoms with Gasteiger partial charge in [0.15, 0.2) is 0 Å². The molecule has 3 N–H and O–H groups in total. The van der Waals surface area contributed by atoms with Crippen molar-refractivity contribution >= 4 is 11.9 Å². The number of aliphatic hydroxyl groups is 1. The molecule has 2 unspecified atom stereocenters. The molecular weight excluding hydrogens is 258 g/mol. The minimum absolute atomic E-state index is 0.219. The zero-order valence-electron chi connectivity index (χ0n) is 12.1. The molecule has 1 aromatic rings. The smallest absolute Gasteiger partial charge is 0.323 e. The van der Waals surface area contributed by atoms with Crippen LogP contribution >= 0.6 is 0 Å². The molecule has 2 rings (SSSR count). The molecule has 0 spiro atoms. The number of aliphatic hydroxyl groups excluding tert-OH is 1. The second-order valence-electron chi connectivity index (χ2n) is 5.00. The molecule has 0 aromatic carbocycles. The molecule has 1 aliphatic rings. The topological polar surface area (TPSA) is 92.2 Å². The van der Waals surface area contributed by atoms with Gasteiger partial charge < -0.3 is 20.5 Å². The van der Waals surface area contributed by atoms with Gasteiger partial charge in [0, 0.05) is 19.5 Å². The van der Waals surface area contributed by atoms with Crippen molar-refractivity contribution in [3.63, 3.8) is 0 Å². The van der Waals surface area contributed by atoms with Gasteiger partial charge in [-0.15, -0.1) is 0 Å². The number of aromatic nitrogens is 3. The second kappa shape index (κ2) is 7.23. The first-order valence-corrected chi connectivity index (χ1v) is 7.21. The molecule has 0 saturated heterocycles. The van der Waals surface area contributed by atoms with Gasteiger partial charge in [0.25, 0.3) is 0 Å². The van der Waals surface area contributed by atoms with Crippen molar-refractivity contribution in [1.29, 1.82) is 0 Å². The molecule has 2 atom stereocenters. The third kappa shape index (κ3) is 3.93. The minimum atomic E-state index is -0.219. The van der Waals surface area contributed by atoms with Crippen LogP contribution in [0.15, 0.2) is 0 Å². The number of rotatable bonds is 7. The molecule has 0 bridgehead atoms. The van der Waals surface area contributed by atoms with E-state index in [0.29, 0.717) is 31.1 Å². The fourth-order valence-corrected chi connectivity index (χ4v) is 2.28. The van der Waals surface area contributed by atoms with Crippen LogP contribution in [0.25, 0.3) is 0 Å². The van der Waals surface area contributed by atoms with Crippen LogP contribution in [-0.4, -0.2) is 46.4 Å². The van der Waals surface area contributed by atoms with Gasteiger partial charge in [-0.2, -0.15) is 15.0 Å². The van der Waals surface area contributed by atoms with E-state index in [9.17, 15) is 5.11 Å². The lowest BCUT2D eigenvalue weighted by Crippen LogP contribution is -2.23. The van der Waals surface area contributed by atoms with Gasteiger partial charge in [-0.3, -0.25) is 0 Å². The van der Waals surface area contributed by atoms with E-state index in [0.717, 1.165) is 25.7 Å². The predicted octanol–water partition coefficient (Wildman–Crippen LogP) is 1.27. The van der Waals surface area contributed by atoms with E-state index in [1.807, 2.05) is 6.92 Å². The summed E-state index contributed by atoms with van der Waals surface area (Å²) >= 11 is 0. The van der Waals surface area contributed by atoms with Crippen molar-refractivity contribution in [2.45, 2.75) is 38.7 Å². The van der Waals surface area contributed by atoms with E-state index in [1.54, 1.807) is 7.05 Å². The van der Waals surface area contributed by atoms with E-state index in [2.05, 4.69) is 25.6 Å². The van der Waals surface area contributed by atoms with E-state index >= 15 is 0 Å². The van der Waals surface area contributed by atoms with Crippen molar-refractivity contribution in [1.82, 2.24) is 15.0 Å². The third-order valence-electron chi connectivity index (χ3n) is 3.42. The molecule has 20 heavy (non-hydrogen) atoms. The van der Waals surface area contributed by atoms with Crippen LogP contribution in [0.4, 0.5) is 11.9 Å². The quantitative estimate of drug-likeness (QED) is 0.693. The first-order valence-electron chi connectivity index (χ1n) is 7.21. The van der Waals surface area contributed by atoms with Crippen LogP contribution in [0, 0.1) is 5.92 Å². The number of hydrogen-bond donors (Lipinski definition) is 3. The Morgan fingerprint density at radius 2 is 2.05 bits per heavy atom. The van der Waals surface area contributed by atoms with Crippen molar-refractivity contribution in [2.24, 2.45) is 5.92 Å². The molecule has 0 amide bonds. The number of ether oxygens (including phenoxy) is 1. The predicted molar refractivity (Wildman–Crippen MR) is 77.0 cm³/mol. The van der Waals surface area contributed by atoms with Gasteiger partial charge in [0.1, 0.15) is 0 Å². The van der Waals surface area contributed by atoms with Crippen LogP contribution in [0.3, 0.4) is 0 Å². The lowest BCUT2D eigenvalue weighted by atomic mass is 10.1. The average Bonchev–Trinajstić information content (AvgIpc) is 2.88. The van der Waals surface area contributed by atoms with E-state index in [-0.39, 0.29) is 12.0 Å². The number of nitrogens with zero attached hydrogens (tertiary/aromatic N) is 3. The summed E-state index contributed by atoms with van der Waals surface area (Å²) in [5, 5.41) is 15.9. The lowest BCUT2D eigenvalue weighted by Gasteiger charge is -2.15. The number of anilines is 2. The Kier molecular flexibility index (Phi) is 5.34. The lowest BCUT2D eigenvalue weighted by molar-refractivity contribution is 0.138. The first-order chi connectivity index (χ1) is 9.72. The van der Waals surface area contributed by atoms with Crippen molar-refractivity contribution in [3.05, 3.63) is 0 Å². The SMILES string of the molecule is CCCOc1nc(NC)nc(NCC2CCCC2O)n1. The van der Waals surface area contributed by atoms with Crippen LogP contribution in [0.1, 0.15) is 32.6 Å². The van der Waals surface area contributed by atoms with Gasteiger partial charge in [0.05, 0.1) is 12.7 Å². The molecular formula is C13H23N5O2. The molecule has 7 nitrogen and oxygen atoms in total. The van der Waals surface area contributed by atoms with Crippen molar-refractivity contribution < 1.29 is 9.84 Å². The van der Waals surface area contributed by atoms with Crippen molar-refractivity contribution in [3.8, 4) is 6.01 Å². The molecule has 7 heteroatoms. The summed E-state index contributed by atoms with van der Waals surface area (Å²) in [5.41, 5.74) is 0. The Morgan fingerprint density at radius 3 is 2.70 bits per heavy atom. The normalized spacial score (nSPS) is 21.8. The van der Waals surface area contributed by atoms with Crippen LogP contribution < -0.4 is 15.4 Å². The maximum Gasteiger partial charge on any atom is 0.323 e. The van der Waals surface area contributed by atoms with Gasteiger partial charge in [-0.1, -0.05) is 13.3 Å². The zero-order valence-corrected chi connectivity index (χ0v) is 12.1. The molecule has 1 heterocycles. The largest absolute Gasteiger partial charge is 0.463 e. The van der Waals surface area contributed by atoms with E-state index in [1.165, 1.54) is 0 Å².